The maximum Gasteiger partial charge on any atom is 0.0897 e. The quantitative estimate of drug-likeness (QED) is 0.690. The van der Waals surface area contributed by atoms with Crippen LogP contribution < -0.4 is 0 Å². The van der Waals surface area contributed by atoms with Crippen LogP contribution in [0.15, 0.2) is 46.6 Å². The first-order chi connectivity index (χ1) is 11.8. The van der Waals surface area contributed by atoms with Crippen molar-refractivity contribution >= 4 is 22.7 Å². The summed E-state index contributed by atoms with van der Waals surface area (Å²) in [7, 11) is 0. The van der Waals surface area contributed by atoms with Gasteiger partial charge in [0.25, 0.3) is 0 Å². The Kier molecular flexibility index (Phi) is 4.48. The van der Waals surface area contributed by atoms with Gasteiger partial charge >= 0.3 is 0 Å². The molecule has 1 aromatic carbocycles. The minimum absolute atomic E-state index is 0.0601. The van der Waals surface area contributed by atoms with Gasteiger partial charge in [-0.1, -0.05) is 30.3 Å². The molecule has 3 aromatic rings. The smallest absolute Gasteiger partial charge is 0.0897 e. The van der Waals surface area contributed by atoms with E-state index in [0.29, 0.717) is 0 Å². The average Bonchev–Trinajstić information content (AvgIpc) is 3.29. The SMILES string of the molecule is Cc1nc(C2(c3ccccc3)CCN(Cc3cscn3)CC2)cs1. The van der Waals surface area contributed by atoms with Crippen LogP contribution in [0.3, 0.4) is 0 Å². The molecular formula is C19H21N3S2. The zero-order valence-corrected chi connectivity index (χ0v) is 15.4. The van der Waals surface area contributed by atoms with Crippen molar-refractivity contribution < 1.29 is 0 Å². The summed E-state index contributed by atoms with van der Waals surface area (Å²) >= 11 is 3.44. The second-order valence-corrected chi connectivity index (χ2v) is 8.24. The summed E-state index contributed by atoms with van der Waals surface area (Å²) in [4.78, 5) is 11.8. The number of piperidine rings is 1. The maximum absolute atomic E-state index is 4.87. The molecule has 0 saturated carbocycles. The molecule has 124 valence electrons. The molecule has 0 unspecified atom stereocenters. The Morgan fingerprint density at radius 3 is 2.54 bits per heavy atom. The summed E-state index contributed by atoms with van der Waals surface area (Å²) in [6, 6.07) is 10.9. The molecule has 1 saturated heterocycles. The molecule has 0 bridgehead atoms. The van der Waals surface area contributed by atoms with Crippen molar-refractivity contribution in [2.45, 2.75) is 31.7 Å². The zero-order chi connectivity index (χ0) is 16.4. The predicted molar refractivity (Wildman–Crippen MR) is 101 cm³/mol. The molecule has 4 rings (SSSR count). The van der Waals surface area contributed by atoms with Crippen LogP contribution in [0.1, 0.15) is 34.8 Å². The Labute approximate surface area is 151 Å². The Bertz CT molecular complexity index is 772. The van der Waals surface area contributed by atoms with Crippen LogP contribution in [0.2, 0.25) is 0 Å². The van der Waals surface area contributed by atoms with Crippen LogP contribution >= 0.6 is 22.7 Å². The molecule has 3 nitrogen and oxygen atoms in total. The van der Waals surface area contributed by atoms with E-state index in [9.17, 15) is 0 Å². The average molecular weight is 356 g/mol. The fourth-order valence-electron chi connectivity index (χ4n) is 3.67. The Morgan fingerprint density at radius 1 is 1.12 bits per heavy atom. The molecule has 0 radical (unpaired) electrons. The van der Waals surface area contributed by atoms with Crippen molar-refractivity contribution in [1.82, 2.24) is 14.9 Å². The van der Waals surface area contributed by atoms with Gasteiger partial charge in [0, 0.05) is 22.7 Å². The highest BCUT2D eigenvalue weighted by atomic mass is 32.1. The number of hydrogen-bond donors (Lipinski definition) is 0. The lowest BCUT2D eigenvalue weighted by Gasteiger charge is -2.41. The molecule has 1 fully saturated rings. The molecule has 0 amide bonds. The van der Waals surface area contributed by atoms with Crippen molar-refractivity contribution in [2.75, 3.05) is 13.1 Å². The molecule has 2 aromatic heterocycles. The molecule has 1 aliphatic heterocycles. The standard InChI is InChI=1S/C19H21N3S2/c1-15-21-18(13-24-15)19(16-5-3-2-4-6-16)7-9-22(10-8-19)11-17-12-23-14-20-17/h2-6,12-14H,7-11H2,1H3. The van der Waals surface area contributed by atoms with Crippen LogP contribution in [0.4, 0.5) is 0 Å². The number of likely N-dealkylation sites (tertiary alicyclic amines) is 1. The van der Waals surface area contributed by atoms with E-state index in [4.69, 9.17) is 4.98 Å². The van der Waals surface area contributed by atoms with Gasteiger partial charge in [0.05, 0.1) is 21.9 Å². The monoisotopic (exact) mass is 355 g/mol. The van der Waals surface area contributed by atoms with Gasteiger partial charge in [-0.05, 0) is 38.4 Å². The molecule has 0 N–H and O–H groups in total. The van der Waals surface area contributed by atoms with Crippen molar-refractivity contribution in [1.29, 1.82) is 0 Å². The largest absolute Gasteiger partial charge is 0.297 e. The van der Waals surface area contributed by atoms with Gasteiger partial charge < -0.3 is 0 Å². The van der Waals surface area contributed by atoms with E-state index in [2.05, 4.69) is 57.9 Å². The van der Waals surface area contributed by atoms with Gasteiger partial charge in [-0.25, -0.2) is 9.97 Å². The Hall–Kier alpha value is -1.56. The third kappa shape index (κ3) is 3.04. The van der Waals surface area contributed by atoms with Crippen LogP contribution in [0.5, 0.6) is 0 Å². The van der Waals surface area contributed by atoms with E-state index >= 15 is 0 Å². The lowest BCUT2D eigenvalue weighted by Crippen LogP contribution is -2.43. The summed E-state index contributed by atoms with van der Waals surface area (Å²) in [6.07, 6.45) is 2.23. The van der Waals surface area contributed by atoms with Crippen molar-refractivity contribution in [3.05, 3.63) is 68.6 Å². The third-order valence-electron chi connectivity index (χ3n) is 5.01. The Morgan fingerprint density at radius 2 is 1.92 bits per heavy atom. The fraction of sp³-hybridized carbons (Fsp3) is 0.368. The predicted octanol–water partition coefficient (Wildman–Crippen LogP) is 4.49. The van der Waals surface area contributed by atoms with Crippen molar-refractivity contribution in [3.8, 4) is 0 Å². The molecule has 24 heavy (non-hydrogen) atoms. The number of nitrogens with zero attached hydrogens (tertiary/aromatic N) is 3. The minimum Gasteiger partial charge on any atom is -0.297 e. The van der Waals surface area contributed by atoms with Gasteiger partial charge in [-0.15, -0.1) is 22.7 Å². The van der Waals surface area contributed by atoms with E-state index in [-0.39, 0.29) is 5.41 Å². The fourth-order valence-corrected chi connectivity index (χ4v) is 4.93. The third-order valence-corrected chi connectivity index (χ3v) is 6.42. The van der Waals surface area contributed by atoms with E-state index < -0.39 is 0 Å². The van der Waals surface area contributed by atoms with Crippen LogP contribution in [0, 0.1) is 6.92 Å². The number of rotatable bonds is 4. The summed E-state index contributed by atoms with van der Waals surface area (Å²) < 4.78 is 0. The first-order valence-electron chi connectivity index (χ1n) is 8.34. The highest BCUT2D eigenvalue weighted by Crippen LogP contribution is 2.42. The number of benzene rings is 1. The maximum atomic E-state index is 4.87. The lowest BCUT2D eigenvalue weighted by atomic mass is 9.70. The topological polar surface area (TPSA) is 29.0 Å². The normalized spacial score (nSPS) is 17.9. The molecule has 5 heteroatoms. The molecule has 1 aliphatic rings. The van der Waals surface area contributed by atoms with Crippen LogP contribution in [-0.4, -0.2) is 28.0 Å². The highest BCUT2D eigenvalue weighted by molar-refractivity contribution is 7.09. The first kappa shape index (κ1) is 15.9. The second-order valence-electron chi connectivity index (χ2n) is 6.46. The van der Waals surface area contributed by atoms with E-state index in [1.165, 1.54) is 17.0 Å². The van der Waals surface area contributed by atoms with Crippen LogP contribution in [-0.2, 0) is 12.0 Å². The number of thiazole rings is 2. The molecule has 0 atom stereocenters. The van der Waals surface area contributed by atoms with Gasteiger partial charge in [0.15, 0.2) is 0 Å². The van der Waals surface area contributed by atoms with Gasteiger partial charge in [-0.3, -0.25) is 4.90 Å². The van der Waals surface area contributed by atoms with Crippen molar-refractivity contribution in [3.63, 3.8) is 0 Å². The molecule has 0 spiro atoms. The van der Waals surface area contributed by atoms with Gasteiger partial charge in [0.2, 0.25) is 0 Å². The van der Waals surface area contributed by atoms with Gasteiger partial charge in [0.1, 0.15) is 0 Å². The van der Waals surface area contributed by atoms with Crippen molar-refractivity contribution in [2.24, 2.45) is 0 Å². The molecule has 0 aliphatic carbocycles. The Balaban J connectivity index is 1.59. The summed E-state index contributed by atoms with van der Waals surface area (Å²) in [6.45, 7) is 5.24. The van der Waals surface area contributed by atoms with Gasteiger partial charge in [-0.2, -0.15) is 0 Å². The highest BCUT2D eigenvalue weighted by Gasteiger charge is 2.39. The first-order valence-corrected chi connectivity index (χ1v) is 10.2. The summed E-state index contributed by atoms with van der Waals surface area (Å²) in [5.41, 5.74) is 5.83. The minimum atomic E-state index is 0.0601. The number of aromatic nitrogens is 2. The molecule has 3 heterocycles. The second kappa shape index (κ2) is 6.75. The summed E-state index contributed by atoms with van der Waals surface area (Å²) in [5.74, 6) is 0. The zero-order valence-electron chi connectivity index (χ0n) is 13.8. The molecular weight excluding hydrogens is 334 g/mol. The number of hydrogen-bond acceptors (Lipinski definition) is 5. The van der Waals surface area contributed by atoms with E-state index in [0.717, 1.165) is 37.5 Å². The lowest BCUT2D eigenvalue weighted by molar-refractivity contribution is 0.169. The summed E-state index contributed by atoms with van der Waals surface area (Å²) in [5, 5.41) is 5.58. The van der Waals surface area contributed by atoms with E-state index in [1.807, 2.05) is 5.51 Å². The van der Waals surface area contributed by atoms with Crippen LogP contribution in [0.25, 0.3) is 0 Å². The number of aryl methyl sites for hydroxylation is 1. The van der Waals surface area contributed by atoms with E-state index in [1.54, 1.807) is 22.7 Å².